The van der Waals surface area contributed by atoms with Crippen LogP contribution in [0, 0.1) is 17.2 Å². The molecule has 1 amide bonds. The standard InChI is InChI=1S/C13H23N3O/c1-11(2)6-8-15-13(17)10-16(9-3-7-14)12-4-5-12/h11-12H,3-6,8-10H2,1-2H3,(H,15,17). The maximum Gasteiger partial charge on any atom is 0.234 e. The third-order valence-corrected chi connectivity index (χ3v) is 2.96. The Balaban J connectivity index is 2.19. The highest BCUT2D eigenvalue weighted by Gasteiger charge is 2.29. The highest BCUT2D eigenvalue weighted by atomic mass is 16.2. The molecular weight excluding hydrogens is 214 g/mol. The molecule has 0 atom stereocenters. The number of nitrogens with zero attached hydrogens (tertiary/aromatic N) is 2. The second-order valence-electron chi connectivity index (χ2n) is 5.14. The van der Waals surface area contributed by atoms with E-state index in [0.717, 1.165) is 19.5 Å². The minimum Gasteiger partial charge on any atom is -0.355 e. The number of nitriles is 1. The molecule has 0 spiro atoms. The van der Waals surface area contributed by atoms with Crippen LogP contribution in [0.5, 0.6) is 0 Å². The van der Waals surface area contributed by atoms with Gasteiger partial charge in [0.2, 0.25) is 5.91 Å². The van der Waals surface area contributed by atoms with Crippen molar-refractivity contribution in [1.29, 1.82) is 5.26 Å². The molecule has 0 heterocycles. The zero-order valence-electron chi connectivity index (χ0n) is 10.9. The van der Waals surface area contributed by atoms with Crippen molar-refractivity contribution in [2.45, 2.75) is 45.6 Å². The van der Waals surface area contributed by atoms with E-state index >= 15 is 0 Å². The van der Waals surface area contributed by atoms with Crippen LogP contribution in [-0.4, -0.2) is 36.5 Å². The van der Waals surface area contributed by atoms with E-state index < -0.39 is 0 Å². The average molecular weight is 237 g/mol. The molecule has 1 saturated carbocycles. The van der Waals surface area contributed by atoms with E-state index in [1.54, 1.807) is 0 Å². The third-order valence-electron chi connectivity index (χ3n) is 2.96. The summed E-state index contributed by atoms with van der Waals surface area (Å²) in [6.45, 7) is 6.22. The van der Waals surface area contributed by atoms with Crippen LogP contribution in [0.2, 0.25) is 0 Å². The van der Waals surface area contributed by atoms with Crippen molar-refractivity contribution >= 4 is 5.91 Å². The number of nitrogens with one attached hydrogen (secondary N) is 1. The van der Waals surface area contributed by atoms with Crippen LogP contribution in [0.1, 0.15) is 39.5 Å². The Kier molecular flexibility index (Phi) is 5.99. The SMILES string of the molecule is CC(C)CCNC(=O)CN(CCC#N)C1CC1. The molecule has 0 aromatic carbocycles. The minimum atomic E-state index is 0.0930. The summed E-state index contributed by atoms with van der Waals surface area (Å²) >= 11 is 0. The van der Waals surface area contributed by atoms with Gasteiger partial charge >= 0.3 is 0 Å². The fourth-order valence-corrected chi connectivity index (χ4v) is 1.76. The van der Waals surface area contributed by atoms with Crippen LogP contribution in [0.15, 0.2) is 0 Å². The summed E-state index contributed by atoms with van der Waals surface area (Å²) in [5.74, 6) is 0.712. The normalized spacial score (nSPS) is 15.0. The molecule has 4 heteroatoms. The monoisotopic (exact) mass is 237 g/mol. The summed E-state index contributed by atoms with van der Waals surface area (Å²) < 4.78 is 0. The lowest BCUT2D eigenvalue weighted by Gasteiger charge is -2.20. The van der Waals surface area contributed by atoms with Gasteiger partial charge in [-0.2, -0.15) is 5.26 Å². The Morgan fingerprint density at radius 1 is 1.53 bits per heavy atom. The van der Waals surface area contributed by atoms with Crippen LogP contribution in [0.25, 0.3) is 0 Å². The molecule has 0 bridgehead atoms. The van der Waals surface area contributed by atoms with Crippen LogP contribution in [0.4, 0.5) is 0 Å². The molecule has 0 aliphatic heterocycles. The number of carbonyl (C=O) groups is 1. The van der Waals surface area contributed by atoms with Crippen molar-refractivity contribution in [3.8, 4) is 6.07 Å². The van der Waals surface area contributed by atoms with Crippen LogP contribution in [-0.2, 0) is 4.79 Å². The maximum atomic E-state index is 11.7. The molecule has 0 unspecified atom stereocenters. The highest BCUT2D eigenvalue weighted by molar-refractivity contribution is 5.78. The van der Waals surface area contributed by atoms with E-state index in [4.69, 9.17) is 5.26 Å². The predicted octanol–water partition coefficient (Wildman–Crippen LogP) is 1.53. The van der Waals surface area contributed by atoms with E-state index in [2.05, 4.69) is 30.1 Å². The first-order valence-electron chi connectivity index (χ1n) is 6.51. The minimum absolute atomic E-state index is 0.0930. The summed E-state index contributed by atoms with van der Waals surface area (Å²) in [5, 5.41) is 11.5. The van der Waals surface area contributed by atoms with Gasteiger partial charge in [-0.1, -0.05) is 13.8 Å². The molecule has 0 saturated heterocycles. The summed E-state index contributed by atoms with van der Waals surface area (Å²) in [6, 6.07) is 2.68. The van der Waals surface area contributed by atoms with Crippen LogP contribution < -0.4 is 5.32 Å². The van der Waals surface area contributed by atoms with Gasteiger partial charge < -0.3 is 5.32 Å². The molecule has 0 aromatic heterocycles. The van der Waals surface area contributed by atoms with Crippen molar-refractivity contribution < 1.29 is 4.79 Å². The van der Waals surface area contributed by atoms with Gasteiger partial charge in [0.15, 0.2) is 0 Å². The van der Waals surface area contributed by atoms with Crippen molar-refractivity contribution in [1.82, 2.24) is 10.2 Å². The Hall–Kier alpha value is -1.08. The molecule has 96 valence electrons. The lowest BCUT2D eigenvalue weighted by molar-refractivity contribution is -0.122. The largest absolute Gasteiger partial charge is 0.355 e. The maximum absolute atomic E-state index is 11.7. The second kappa shape index (κ2) is 7.29. The average Bonchev–Trinajstić information content (AvgIpc) is 3.07. The molecule has 4 nitrogen and oxygen atoms in total. The van der Waals surface area contributed by atoms with Crippen molar-refractivity contribution in [3.63, 3.8) is 0 Å². The first-order valence-corrected chi connectivity index (χ1v) is 6.51. The molecule has 1 rings (SSSR count). The summed E-state index contributed by atoms with van der Waals surface area (Å²) in [6.07, 6.45) is 3.87. The Labute approximate surface area is 104 Å². The van der Waals surface area contributed by atoms with Gasteiger partial charge in [0.1, 0.15) is 0 Å². The van der Waals surface area contributed by atoms with Crippen molar-refractivity contribution in [2.75, 3.05) is 19.6 Å². The van der Waals surface area contributed by atoms with E-state index in [9.17, 15) is 4.79 Å². The van der Waals surface area contributed by atoms with E-state index in [0.29, 0.717) is 24.9 Å². The lowest BCUT2D eigenvalue weighted by atomic mass is 10.1. The smallest absolute Gasteiger partial charge is 0.234 e. The molecule has 0 radical (unpaired) electrons. The molecular formula is C13H23N3O. The second-order valence-corrected chi connectivity index (χ2v) is 5.14. The Morgan fingerprint density at radius 2 is 2.24 bits per heavy atom. The fourth-order valence-electron chi connectivity index (χ4n) is 1.76. The number of rotatable bonds is 8. The summed E-state index contributed by atoms with van der Waals surface area (Å²) in [7, 11) is 0. The number of hydrogen-bond donors (Lipinski definition) is 1. The van der Waals surface area contributed by atoms with E-state index in [-0.39, 0.29) is 5.91 Å². The summed E-state index contributed by atoms with van der Waals surface area (Å²) in [4.78, 5) is 13.8. The van der Waals surface area contributed by atoms with Crippen LogP contribution >= 0.6 is 0 Å². The van der Waals surface area contributed by atoms with Gasteiger partial charge in [0.05, 0.1) is 12.6 Å². The molecule has 1 N–H and O–H groups in total. The van der Waals surface area contributed by atoms with E-state index in [1.807, 2.05) is 0 Å². The molecule has 1 fully saturated rings. The number of carbonyl (C=O) groups excluding carboxylic acids is 1. The number of amides is 1. The zero-order valence-corrected chi connectivity index (χ0v) is 10.9. The third kappa shape index (κ3) is 6.28. The number of hydrogen-bond acceptors (Lipinski definition) is 3. The van der Waals surface area contributed by atoms with Gasteiger partial charge in [-0.05, 0) is 25.2 Å². The topological polar surface area (TPSA) is 56.1 Å². The van der Waals surface area contributed by atoms with Gasteiger partial charge in [0.25, 0.3) is 0 Å². The highest BCUT2D eigenvalue weighted by Crippen LogP contribution is 2.26. The van der Waals surface area contributed by atoms with Crippen molar-refractivity contribution in [3.05, 3.63) is 0 Å². The Morgan fingerprint density at radius 3 is 2.76 bits per heavy atom. The van der Waals surface area contributed by atoms with Crippen LogP contribution in [0.3, 0.4) is 0 Å². The Bertz CT molecular complexity index is 279. The molecule has 17 heavy (non-hydrogen) atoms. The lowest BCUT2D eigenvalue weighted by Crippen LogP contribution is -2.39. The molecule has 0 aromatic rings. The van der Waals surface area contributed by atoms with Crippen molar-refractivity contribution in [2.24, 2.45) is 5.92 Å². The van der Waals surface area contributed by atoms with E-state index in [1.165, 1.54) is 12.8 Å². The quantitative estimate of drug-likeness (QED) is 0.696. The first kappa shape index (κ1) is 14.0. The van der Waals surface area contributed by atoms with Gasteiger partial charge in [-0.15, -0.1) is 0 Å². The first-order chi connectivity index (χ1) is 8.13. The predicted molar refractivity (Wildman–Crippen MR) is 67.3 cm³/mol. The fraction of sp³-hybridized carbons (Fsp3) is 0.846. The summed E-state index contributed by atoms with van der Waals surface area (Å²) in [5.41, 5.74) is 0. The zero-order chi connectivity index (χ0) is 12.7. The van der Waals surface area contributed by atoms with Gasteiger partial charge in [-0.25, -0.2) is 0 Å². The molecule has 1 aliphatic rings. The van der Waals surface area contributed by atoms with Gasteiger partial charge in [-0.3, -0.25) is 9.69 Å². The van der Waals surface area contributed by atoms with Gasteiger partial charge in [0, 0.05) is 25.6 Å². The molecule has 1 aliphatic carbocycles.